The lowest BCUT2D eigenvalue weighted by atomic mass is 9.95. The Morgan fingerprint density at radius 2 is 1.90 bits per heavy atom. The van der Waals surface area contributed by atoms with Gasteiger partial charge in [0.05, 0.1) is 11.7 Å². The van der Waals surface area contributed by atoms with Crippen LogP contribution in [0.4, 0.5) is 14.5 Å². The fraction of sp³-hybridized carbons (Fsp3) is 0.500. The molecular formula is C14H17F2NO3. The number of ether oxygens (including phenoxy) is 2. The molecule has 0 aliphatic heterocycles. The molecule has 1 saturated carbocycles. The molecule has 1 aromatic rings. The van der Waals surface area contributed by atoms with Crippen LogP contribution in [0.2, 0.25) is 0 Å². The molecule has 1 aliphatic rings. The number of esters is 1. The first-order valence-electron chi connectivity index (χ1n) is 6.49. The zero-order valence-electron chi connectivity index (χ0n) is 11.2. The Hall–Kier alpha value is -1.69. The number of benzene rings is 1. The van der Waals surface area contributed by atoms with Crippen LogP contribution in [0.3, 0.4) is 0 Å². The molecule has 2 unspecified atom stereocenters. The molecule has 0 amide bonds. The summed E-state index contributed by atoms with van der Waals surface area (Å²) >= 11 is 0. The molecule has 0 aromatic heterocycles. The summed E-state index contributed by atoms with van der Waals surface area (Å²) in [7, 11) is 1.61. The lowest BCUT2D eigenvalue weighted by Gasteiger charge is -2.28. The van der Waals surface area contributed by atoms with Crippen molar-refractivity contribution in [2.45, 2.75) is 37.9 Å². The van der Waals surface area contributed by atoms with Crippen LogP contribution < -0.4 is 5.73 Å². The van der Waals surface area contributed by atoms with Crippen molar-refractivity contribution in [1.82, 2.24) is 0 Å². The standard InChI is InChI=1S/C14H17F2NO3/c1-19-8-3-2-4-9(5-8)20-14(18)10-6-11(15)12(16)7-13(10)17/h6-9H,2-5,17H2,1H3. The van der Waals surface area contributed by atoms with E-state index >= 15 is 0 Å². The van der Waals surface area contributed by atoms with E-state index in [1.807, 2.05) is 0 Å². The summed E-state index contributed by atoms with van der Waals surface area (Å²) in [4.78, 5) is 12.0. The third kappa shape index (κ3) is 3.25. The van der Waals surface area contributed by atoms with E-state index in [1.54, 1.807) is 7.11 Å². The highest BCUT2D eigenvalue weighted by atomic mass is 19.2. The van der Waals surface area contributed by atoms with Crippen molar-refractivity contribution >= 4 is 11.7 Å². The minimum Gasteiger partial charge on any atom is -0.459 e. The van der Waals surface area contributed by atoms with Crippen LogP contribution in [0.25, 0.3) is 0 Å². The molecule has 4 nitrogen and oxygen atoms in total. The van der Waals surface area contributed by atoms with Crippen LogP contribution >= 0.6 is 0 Å². The summed E-state index contributed by atoms with van der Waals surface area (Å²) in [5, 5.41) is 0. The van der Waals surface area contributed by atoms with E-state index in [2.05, 4.69) is 0 Å². The zero-order valence-corrected chi connectivity index (χ0v) is 11.2. The molecule has 0 heterocycles. The van der Waals surface area contributed by atoms with Crippen molar-refractivity contribution in [2.75, 3.05) is 12.8 Å². The number of hydrogen-bond donors (Lipinski definition) is 1. The van der Waals surface area contributed by atoms with Crippen LogP contribution in [0.5, 0.6) is 0 Å². The predicted molar refractivity (Wildman–Crippen MR) is 69.2 cm³/mol. The normalized spacial score (nSPS) is 22.6. The number of nitrogen functional groups attached to an aromatic ring is 1. The van der Waals surface area contributed by atoms with Crippen LogP contribution in [-0.2, 0) is 9.47 Å². The van der Waals surface area contributed by atoms with E-state index in [1.165, 1.54) is 0 Å². The minimum absolute atomic E-state index is 0.0591. The number of carbonyl (C=O) groups excluding carboxylic acids is 1. The van der Waals surface area contributed by atoms with Crippen LogP contribution in [0.1, 0.15) is 36.0 Å². The third-order valence-electron chi connectivity index (χ3n) is 3.50. The number of methoxy groups -OCH3 is 1. The van der Waals surface area contributed by atoms with Gasteiger partial charge in [-0.25, -0.2) is 13.6 Å². The van der Waals surface area contributed by atoms with Gasteiger partial charge in [-0.3, -0.25) is 0 Å². The second-order valence-corrected chi connectivity index (χ2v) is 4.91. The van der Waals surface area contributed by atoms with E-state index < -0.39 is 17.6 Å². The highest BCUT2D eigenvalue weighted by molar-refractivity contribution is 5.95. The van der Waals surface area contributed by atoms with Gasteiger partial charge >= 0.3 is 5.97 Å². The van der Waals surface area contributed by atoms with Crippen molar-refractivity contribution in [1.29, 1.82) is 0 Å². The monoisotopic (exact) mass is 285 g/mol. The molecule has 6 heteroatoms. The van der Waals surface area contributed by atoms with Crippen molar-refractivity contribution in [3.63, 3.8) is 0 Å². The highest BCUT2D eigenvalue weighted by Gasteiger charge is 2.26. The fourth-order valence-electron chi connectivity index (χ4n) is 2.38. The molecule has 2 rings (SSSR count). The Bertz CT molecular complexity index is 507. The molecular weight excluding hydrogens is 268 g/mol. The molecule has 0 bridgehead atoms. The Labute approximate surface area is 115 Å². The van der Waals surface area contributed by atoms with Gasteiger partial charge in [-0.1, -0.05) is 0 Å². The Kier molecular flexibility index (Phi) is 4.54. The van der Waals surface area contributed by atoms with Gasteiger partial charge in [0.15, 0.2) is 11.6 Å². The zero-order chi connectivity index (χ0) is 14.7. The first-order valence-corrected chi connectivity index (χ1v) is 6.49. The molecule has 2 atom stereocenters. The first kappa shape index (κ1) is 14.7. The number of hydrogen-bond acceptors (Lipinski definition) is 4. The second-order valence-electron chi connectivity index (χ2n) is 4.91. The van der Waals surface area contributed by atoms with Gasteiger partial charge in [-0.15, -0.1) is 0 Å². The van der Waals surface area contributed by atoms with E-state index in [0.717, 1.165) is 31.4 Å². The van der Waals surface area contributed by atoms with Gasteiger partial charge in [0.1, 0.15) is 6.10 Å². The molecule has 2 N–H and O–H groups in total. The van der Waals surface area contributed by atoms with E-state index in [9.17, 15) is 13.6 Å². The Morgan fingerprint density at radius 1 is 1.25 bits per heavy atom. The predicted octanol–water partition coefficient (Wildman–Crippen LogP) is 2.66. The molecule has 110 valence electrons. The summed E-state index contributed by atoms with van der Waals surface area (Å²) in [6.45, 7) is 0. The first-order chi connectivity index (χ1) is 9.51. The average Bonchev–Trinajstić information content (AvgIpc) is 2.43. The van der Waals surface area contributed by atoms with Crippen LogP contribution in [0, 0.1) is 11.6 Å². The molecule has 0 spiro atoms. The maximum absolute atomic E-state index is 13.2. The summed E-state index contributed by atoms with van der Waals surface area (Å²) < 4.78 is 36.7. The second kappa shape index (κ2) is 6.17. The quantitative estimate of drug-likeness (QED) is 0.685. The van der Waals surface area contributed by atoms with Gasteiger partial charge < -0.3 is 15.2 Å². The average molecular weight is 285 g/mol. The van der Waals surface area contributed by atoms with Crippen molar-refractivity contribution in [3.05, 3.63) is 29.3 Å². The van der Waals surface area contributed by atoms with Crippen molar-refractivity contribution in [3.8, 4) is 0 Å². The van der Waals surface area contributed by atoms with Gasteiger partial charge in [0.25, 0.3) is 0 Å². The summed E-state index contributed by atoms with van der Waals surface area (Å²) in [6, 6.07) is 1.55. The lowest BCUT2D eigenvalue weighted by Crippen LogP contribution is -2.29. The smallest absolute Gasteiger partial charge is 0.340 e. The lowest BCUT2D eigenvalue weighted by molar-refractivity contribution is -0.0148. The van der Waals surface area contributed by atoms with Gasteiger partial charge in [0, 0.05) is 25.3 Å². The molecule has 20 heavy (non-hydrogen) atoms. The van der Waals surface area contributed by atoms with Crippen molar-refractivity contribution < 1.29 is 23.0 Å². The minimum atomic E-state index is -1.12. The number of rotatable bonds is 3. The molecule has 0 radical (unpaired) electrons. The Balaban J connectivity index is 2.06. The number of halogens is 2. The number of anilines is 1. The van der Waals surface area contributed by atoms with E-state index in [0.29, 0.717) is 6.42 Å². The summed E-state index contributed by atoms with van der Waals surface area (Å²) in [5.41, 5.74) is 5.24. The Morgan fingerprint density at radius 3 is 2.60 bits per heavy atom. The molecule has 1 aliphatic carbocycles. The largest absolute Gasteiger partial charge is 0.459 e. The van der Waals surface area contributed by atoms with Gasteiger partial charge in [-0.2, -0.15) is 0 Å². The van der Waals surface area contributed by atoms with Gasteiger partial charge in [-0.05, 0) is 25.3 Å². The van der Waals surface area contributed by atoms with Crippen molar-refractivity contribution in [2.24, 2.45) is 0 Å². The maximum Gasteiger partial charge on any atom is 0.340 e. The van der Waals surface area contributed by atoms with Crippen LogP contribution in [0.15, 0.2) is 12.1 Å². The summed E-state index contributed by atoms with van der Waals surface area (Å²) in [5.74, 6) is -2.94. The topological polar surface area (TPSA) is 61.5 Å². The third-order valence-corrected chi connectivity index (χ3v) is 3.50. The van der Waals surface area contributed by atoms with Gasteiger partial charge in [0.2, 0.25) is 0 Å². The summed E-state index contributed by atoms with van der Waals surface area (Å²) in [6.07, 6.45) is 2.93. The highest BCUT2D eigenvalue weighted by Crippen LogP contribution is 2.25. The van der Waals surface area contributed by atoms with Crippen LogP contribution in [-0.4, -0.2) is 25.3 Å². The maximum atomic E-state index is 13.2. The fourth-order valence-corrected chi connectivity index (χ4v) is 2.38. The van der Waals surface area contributed by atoms with E-state index in [4.69, 9.17) is 15.2 Å². The number of carbonyl (C=O) groups is 1. The SMILES string of the molecule is COC1CCCC(OC(=O)c2cc(F)c(F)cc2N)C1. The van der Waals surface area contributed by atoms with E-state index in [-0.39, 0.29) is 23.5 Å². The number of nitrogens with two attached hydrogens (primary N) is 1. The molecule has 1 fully saturated rings. The molecule has 1 aromatic carbocycles. The molecule has 0 saturated heterocycles.